The summed E-state index contributed by atoms with van der Waals surface area (Å²) in [4.78, 5) is 4.28. The summed E-state index contributed by atoms with van der Waals surface area (Å²) in [5, 5.41) is 0. The van der Waals surface area contributed by atoms with Crippen LogP contribution in [0, 0.1) is 6.92 Å². The molecule has 0 fully saturated rings. The predicted molar refractivity (Wildman–Crippen MR) is 72.8 cm³/mol. The summed E-state index contributed by atoms with van der Waals surface area (Å²) in [6.45, 7) is 4.56. The molecule has 3 nitrogen and oxygen atoms in total. The Hall–Kier alpha value is -1.87. The topological polar surface area (TPSA) is 48.1 Å². The fourth-order valence-corrected chi connectivity index (χ4v) is 1.90. The van der Waals surface area contributed by atoms with Crippen LogP contribution in [0.15, 0.2) is 36.5 Å². The Kier molecular flexibility index (Phi) is 3.95. The quantitative estimate of drug-likeness (QED) is 0.895. The lowest BCUT2D eigenvalue weighted by atomic mass is 10.1. The van der Waals surface area contributed by atoms with Crippen molar-refractivity contribution in [3.63, 3.8) is 0 Å². The van der Waals surface area contributed by atoms with Gasteiger partial charge in [0.15, 0.2) is 0 Å². The first-order chi connectivity index (χ1) is 8.76. The summed E-state index contributed by atoms with van der Waals surface area (Å²) in [5.74, 6) is 1.46. The number of aromatic nitrogens is 1. The molecule has 0 atom stereocenters. The number of ether oxygens (including phenoxy) is 1. The van der Waals surface area contributed by atoms with Crippen LogP contribution in [0.1, 0.15) is 23.6 Å². The summed E-state index contributed by atoms with van der Waals surface area (Å²) in [5.41, 5.74) is 9.00. The number of aryl methyl sites for hydroxylation is 2. The molecule has 0 unspecified atom stereocenters. The van der Waals surface area contributed by atoms with Gasteiger partial charge < -0.3 is 10.5 Å². The minimum Gasteiger partial charge on any atom is -0.438 e. The molecule has 1 aromatic heterocycles. The van der Waals surface area contributed by atoms with E-state index in [-0.39, 0.29) is 0 Å². The maximum absolute atomic E-state index is 5.91. The molecule has 18 heavy (non-hydrogen) atoms. The molecular formula is C15H18N2O. The van der Waals surface area contributed by atoms with Gasteiger partial charge in [-0.15, -0.1) is 0 Å². The lowest BCUT2D eigenvalue weighted by molar-refractivity contribution is 0.450. The van der Waals surface area contributed by atoms with Gasteiger partial charge in [-0.1, -0.05) is 25.1 Å². The van der Waals surface area contributed by atoms with Crippen LogP contribution in [0.3, 0.4) is 0 Å². The average molecular weight is 242 g/mol. The highest BCUT2D eigenvalue weighted by Gasteiger charge is 2.09. The minimum atomic E-state index is 0.434. The van der Waals surface area contributed by atoms with Gasteiger partial charge in [0.05, 0.1) is 0 Å². The van der Waals surface area contributed by atoms with Crippen molar-refractivity contribution in [3.8, 4) is 11.6 Å². The molecule has 0 bridgehead atoms. The van der Waals surface area contributed by atoms with Crippen LogP contribution >= 0.6 is 0 Å². The van der Waals surface area contributed by atoms with Gasteiger partial charge in [-0.25, -0.2) is 4.98 Å². The normalized spacial score (nSPS) is 10.4. The van der Waals surface area contributed by atoms with Crippen molar-refractivity contribution in [2.24, 2.45) is 5.73 Å². The Morgan fingerprint density at radius 1 is 1.22 bits per heavy atom. The molecular weight excluding hydrogens is 224 g/mol. The van der Waals surface area contributed by atoms with Crippen molar-refractivity contribution in [2.45, 2.75) is 26.8 Å². The Morgan fingerprint density at radius 2 is 2.00 bits per heavy atom. The van der Waals surface area contributed by atoms with Crippen LogP contribution in [0.5, 0.6) is 11.6 Å². The number of hydrogen-bond donors (Lipinski definition) is 1. The summed E-state index contributed by atoms with van der Waals surface area (Å²) < 4.78 is 5.91. The Morgan fingerprint density at radius 3 is 2.72 bits per heavy atom. The molecule has 1 aromatic carbocycles. The molecule has 0 aliphatic carbocycles. The first kappa shape index (κ1) is 12.6. The zero-order chi connectivity index (χ0) is 13.0. The van der Waals surface area contributed by atoms with E-state index in [0.717, 1.165) is 23.3 Å². The summed E-state index contributed by atoms with van der Waals surface area (Å²) in [6, 6.07) is 9.95. The third kappa shape index (κ3) is 2.51. The molecule has 2 N–H and O–H groups in total. The molecule has 0 radical (unpaired) electrons. The minimum absolute atomic E-state index is 0.434. The molecule has 3 heteroatoms. The monoisotopic (exact) mass is 242 g/mol. The summed E-state index contributed by atoms with van der Waals surface area (Å²) in [6.07, 6.45) is 2.68. The highest BCUT2D eigenvalue weighted by molar-refractivity contribution is 5.40. The number of rotatable bonds is 4. The maximum atomic E-state index is 5.91. The van der Waals surface area contributed by atoms with Crippen LogP contribution in [-0.2, 0) is 13.0 Å². The molecule has 0 aliphatic rings. The van der Waals surface area contributed by atoms with E-state index in [2.05, 4.69) is 18.0 Å². The van der Waals surface area contributed by atoms with Crippen molar-refractivity contribution >= 4 is 0 Å². The fraction of sp³-hybridized carbons (Fsp3) is 0.267. The Balaban J connectivity index is 2.37. The highest BCUT2D eigenvalue weighted by Crippen LogP contribution is 2.27. The van der Waals surface area contributed by atoms with E-state index < -0.39 is 0 Å². The molecule has 2 aromatic rings. The molecule has 2 rings (SSSR count). The van der Waals surface area contributed by atoms with Gasteiger partial charge in [0.1, 0.15) is 5.75 Å². The molecule has 0 amide bonds. The number of para-hydroxylation sites is 1. The second-order valence-corrected chi connectivity index (χ2v) is 4.18. The van der Waals surface area contributed by atoms with E-state index in [1.54, 1.807) is 6.20 Å². The van der Waals surface area contributed by atoms with Gasteiger partial charge in [0.2, 0.25) is 5.88 Å². The summed E-state index contributed by atoms with van der Waals surface area (Å²) in [7, 11) is 0. The van der Waals surface area contributed by atoms with Crippen molar-refractivity contribution in [2.75, 3.05) is 0 Å². The Bertz CT molecular complexity index is 538. The predicted octanol–water partition coefficient (Wildman–Crippen LogP) is 3.20. The van der Waals surface area contributed by atoms with E-state index in [1.165, 1.54) is 5.56 Å². The van der Waals surface area contributed by atoms with Gasteiger partial charge in [0, 0.05) is 18.3 Å². The molecule has 0 saturated heterocycles. The van der Waals surface area contributed by atoms with E-state index >= 15 is 0 Å². The van der Waals surface area contributed by atoms with Gasteiger partial charge in [-0.3, -0.25) is 0 Å². The van der Waals surface area contributed by atoms with E-state index in [0.29, 0.717) is 12.4 Å². The van der Waals surface area contributed by atoms with Gasteiger partial charge in [-0.05, 0) is 36.6 Å². The number of benzene rings is 1. The van der Waals surface area contributed by atoms with Crippen molar-refractivity contribution in [3.05, 3.63) is 53.2 Å². The smallest absolute Gasteiger partial charge is 0.223 e. The van der Waals surface area contributed by atoms with Gasteiger partial charge in [0.25, 0.3) is 0 Å². The van der Waals surface area contributed by atoms with Crippen molar-refractivity contribution < 1.29 is 4.74 Å². The van der Waals surface area contributed by atoms with Crippen LogP contribution in [-0.4, -0.2) is 4.98 Å². The molecule has 0 saturated carbocycles. The second-order valence-electron chi connectivity index (χ2n) is 4.18. The zero-order valence-corrected chi connectivity index (χ0v) is 10.8. The third-order valence-electron chi connectivity index (χ3n) is 3.01. The number of hydrogen-bond acceptors (Lipinski definition) is 3. The lowest BCUT2D eigenvalue weighted by Crippen LogP contribution is -2.04. The molecule has 1 heterocycles. The summed E-state index contributed by atoms with van der Waals surface area (Å²) >= 11 is 0. The van der Waals surface area contributed by atoms with Crippen LogP contribution in [0.25, 0.3) is 0 Å². The third-order valence-corrected chi connectivity index (χ3v) is 3.01. The Labute approximate surface area is 108 Å². The molecule has 0 aliphatic heterocycles. The van der Waals surface area contributed by atoms with Crippen LogP contribution in [0.4, 0.5) is 0 Å². The fourth-order valence-electron chi connectivity index (χ4n) is 1.90. The SMILES string of the molecule is CCc1ccccc1Oc1nccc(C)c1CN. The van der Waals surface area contributed by atoms with E-state index in [4.69, 9.17) is 10.5 Å². The van der Waals surface area contributed by atoms with Gasteiger partial charge >= 0.3 is 0 Å². The first-order valence-electron chi connectivity index (χ1n) is 6.16. The van der Waals surface area contributed by atoms with E-state index in [1.807, 2.05) is 31.2 Å². The van der Waals surface area contributed by atoms with E-state index in [9.17, 15) is 0 Å². The molecule has 94 valence electrons. The number of nitrogens with two attached hydrogens (primary N) is 1. The number of nitrogens with zero attached hydrogens (tertiary/aromatic N) is 1. The number of pyridine rings is 1. The van der Waals surface area contributed by atoms with Gasteiger partial charge in [-0.2, -0.15) is 0 Å². The largest absolute Gasteiger partial charge is 0.438 e. The highest BCUT2D eigenvalue weighted by atomic mass is 16.5. The zero-order valence-electron chi connectivity index (χ0n) is 10.8. The maximum Gasteiger partial charge on any atom is 0.223 e. The van der Waals surface area contributed by atoms with Crippen molar-refractivity contribution in [1.82, 2.24) is 4.98 Å². The van der Waals surface area contributed by atoms with Crippen molar-refractivity contribution in [1.29, 1.82) is 0 Å². The average Bonchev–Trinajstić information content (AvgIpc) is 2.40. The second kappa shape index (κ2) is 5.65. The first-order valence-corrected chi connectivity index (χ1v) is 6.16. The van der Waals surface area contributed by atoms with Crippen LogP contribution < -0.4 is 10.5 Å². The lowest BCUT2D eigenvalue weighted by Gasteiger charge is -2.13. The molecule has 0 spiro atoms. The standard InChI is InChI=1S/C15H18N2O/c1-3-12-6-4-5-7-14(12)18-15-13(10-16)11(2)8-9-17-15/h4-9H,3,10,16H2,1-2H3. The van der Waals surface area contributed by atoms with Crippen LogP contribution in [0.2, 0.25) is 0 Å².